The maximum atomic E-state index is 4.21. The molecule has 0 radical (unpaired) electrons. The van der Waals surface area contributed by atoms with E-state index in [0.29, 0.717) is 0 Å². The Morgan fingerprint density at radius 2 is 2.23 bits per heavy atom. The van der Waals surface area contributed by atoms with E-state index in [1.165, 1.54) is 57.4 Å². The molecule has 0 amide bonds. The van der Waals surface area contributed by atoms with Gasteiger partial charge < -0.3 is 9.80 Å². The number of nitrogens with zero attached hydrogens (tertiary/aromatic N) is 3. The van der Waals surface area contributed by atoms with Gasteiger partial charge in [-0.3, -0.25) is 4.98 Å². The molecule has 0 aromatic carbocycles. The van der Waals surface area contributed by atoms with Crippen molar-refractivity contribution in [1.29, 1.82) is 0 Å². The van der Waals surface area contributed by atoms with Crippen LogP contribution >= 0.6 is 0 Å². The van der Waals surface area contributed by atoms with Crippen molar-refractivity contribution >= 4 is 0 Å². The number of hydrogen-bond donors (Lipinski definition) is 0. The summed E-state index contributed by atoms with van der Waals surface area (Å²) in [4.78, 5) is 9.36. The molecule has 3 rings (SSSR count). The van der Waals surface area contributed by atoms with Crippen LogP contribution in [0.5, 0.6) is 0 Å². The third-order valence-electron chi connectivity index (χ3n) is 5.01. The smallest absolute Gasteiger partial charge is 0.0312 e. The van der Waals surface area contributed by atoms with Crippen molar-refractivity contribution in [3.63, 3.8) is 0 Å². The molecule has 2 heterocycles. The lowest BCUT2D eigenvalue weighted by atomic mass is 9.94. The molecule has 120 valence electrons. The van der Waals surface area contributed by atoms with Gasteiger partial charge in [-0.25, -0.2) is 0 Å². The van der Waals surface area contributed by atoms with Gasteiger partial charge in [0.15, 0.2) is 0 Å². The average molecular weight is 299 g/mol. The Hall–Kier alpha value is -1.19. The zero-order chi connectivity index (χ0) is 15.2. The average Bonchev–Trinajstić information content (AvgIpc) is 2.96. The first-order valence-corrected chi connectivity index (χ1v) is 8.74. The second-order valence-electron chi connectivity index (χ2n) is 7.12. The summed E-state index contributed by atoms with van der Waals surface area (Å²) >= 11 is 0. The molecular formula is C19H29N3. The highest BCUT2D eigenvalue weighted by atomic mass is 15.2. The van der Waals surface area contributed by atoms with Gasteiger partial charge in [0.2, 0.25) is 0 Å². The quantitative estimate of drug-likeness (QED) is 0.752. The summed E-state index contributed by atoms with van der Waals surface area (Å²) < 4.78 is 0. The van der Waals surface area contributed by atoms with E-state index in [4.69, 9.17) is 0 Å². The third-order valence-corrected chi connectivity index (χ3v) is 5.01. The molecule has 2 atom stereocenters. The zero-order valence-corrected chi connectivity index (χ0v) is 13.8. The van der Waals surface area contributed by atoms with E-state index >= 15 is 0 Å². The largest absolute Gasteiger partial charge is 0.303 e. The van der Waals surface area contributed by atoms with Gasteiger partial charge in [-0.2, -0.15) is 0 Å². The highest BCUT2D eigenvalue weighted by molar-refractivity contribution is 5.08. The summed E-state index contributed by atoms with van der Waals surface area (Å²) in [6, 6.07) is 4.19. The number of allylic oxidation sites excluding steroid dienone is 2. The normalized spacial score (nSPS) is 25.9. The van der Waals surface area contributed by atoms with Crippen molar-refractivity contribution in [3.05, 3.63) is 42.2 Å². The molecule has 0 N–H and O–H groups in total. The van der Waals surface area contributed by atoms with Crippen LogP contribution in [0.4, 0.5) is 0 Å². The van der Waals surface area contributed by atoms with E-state index in [1.54, 1.807) is 0 Å². The van der Waals surface area contributed by atoms with Crippen LogP contribution in [0.2, 0.25) is 0 Å². The second-order valence-corrected chi connectivity index (χ2v) is 7.12. The predicted octanol–water partition coefficient (Wildman–Crippen LogP) is 3.19. The van der Waals surface area contributed by atoms with E-state index < -0.39 is 0 Å². The maximum absolute atomic E-state index is 4.21. The molecule has 3 heteroatoms. The molecule has 1 aliphatic heterocycles. The second kappa shape index (κ2) is 7.89. The number of hydrogen-bond acceptors (Lipinski definition) is 3. The summed E-state index contributed by atoms with van der Waals surface area (Å²) in [6.07, 6.45) is 13.9. The minimum absolute atomic E-state index is 0.834. The van der Waals surface area contributed by atoms with Gasteiger partial charge in [0.1, 0.15) is 0 Å². The Labute approximate surface area is 135 Å². The standard InChI is InChI=1S/C19H29N3/c1-21(13-18-8-5-10-20-12-18)14-19-9-11-22(16-19)15-17-6-3-2-4-7-17/h2-3,5,8,10,12,17,19H,4,6-7,9,11,13-16H2,1H3. The summed E-state index contributed by atoms with van der Waals surface area (Å²) in [5.74, 6) is 1.73. The minimum atomic E-state index is 0.834. The van der Waals surface area contributed by atoms with Gasteiger partial charge in [-0.05, 0) is 62.7 Å². The van der Waals surface area contributed by atoms with E-state index in [2.05, 4.69) is 40.0 Å². The maximum Gasteiger partial charge on any atom is 0.0312 e. The van der Waals surface area contributed by atoms with Crippen molar-refractivity contribution in [2.24, 2.45) is 11.8 Å². The molecule has 1 saturated heterocycles. The van der Waals surface area contributed by atoms with Crippen molar-refractivity contribution in [2.75, 3.05) is 33.2 Å². The van der Waals surface area contributed by atoms with Crippen molar-refractivity contribution in [1.82, 2.24) is 14.8 Å². The monoisotopic (exact) mass is 299 g/mol. The molecule has 1 fully saturated rings. The Kier molecular flexibility index (Phi) is 5.63. The van der Waals surface area contributed by atoms with E-state index in [-0.39, 0.29) is 0 Å². The summed E-state index contributed by atoms with van der Waals surface area (Å²) in [7, 11) is 2.24. The van der Waals surface area contributed by atoms with Gasteiger partial charge in [-0.1, -0.05) is 18.2 Å². The van der Waals surface area contributed by atoms with Crippen molar-refractivity contribution < 1.29 is 0 Å². The molecule has 0 saturated carbocycles. The highest BCUT2D eigenvalue weighted by Crippen LogP contribution is 2.24. The number of likely N-dealkylation sites (tertiary alicyclic amines) is 1. The summed E-state index contributed by atoms with van der Waals surface area (Å²) in [5, 5.41) is 0. The van der Waals surface area contributed by atoms with Crippen LogP contribution < -0.4 is 0 Å². The van der Waals surface area contributed by atoms with E-state index in [9.17, 15) is 0 Å². The van der Waals surface area contributed by atoms with E-state index in [0.717, 1.165) is 18.4 Å². The lowest BCUT2D eigenvalue weighted by Crippen LogP contribution is -2.31. The highest BCUT2D eigenvalue weighted by Gasteiger charge is 2.25. The summed E-state index contributed by atoms with van der Waals surface area (Å²) in [5.41, 5.74) is 1.31. The van der Waals surface area contributed by atoms with Crippen molar-refractivity contribution in [2.45, 2.75) is 32.2 Å². The molecule has 1 aliphatic carbocycles. The first-order chi connectivity index (χ1) is 10.8. The Morgan fingerprint density at radius 3 is 3.00 bits per heavy atom. The van der Waals surface area contributed by atoms with Gasteiger partial charge in [0, 0.05) is 38.6 Å². The fraction of sp³-hybridized carbons (Fsp3) is 0.632. The van der Waals surface area contributed by atoms with Crippen LogP contribution in [0.1, 0.15) is 31.2 Å². The van der Waals surface area contributed by atoms with E-state index in [1.807, 2.05) is 18.5 Å². The molecule has 3 nitrogen and oxygen atoms in total. The fourth-order valence-electron chi connectivity index (χ4n) is 3.92. The SMILES string of the molecule is CN(Cc1cccnc1)CC1CCN(CC2CC=CCC2)C1. The molecule has 2 unspecified atom stereocenters. The van der Waals surface area contributed by atoms with Gasteiger partial charge >= 0.3 is 0 Å². The molecule has 1 aromatic rings. The Bertz CT molecular complexity index is 471. The molecule has 2 aliphatic rings. The lowest BCUT2D eigenvalue weighted by molar-refractivity contribution is 0.234. The topological polar surface area (TPSA) is 19.4 Å². The van der Waals surface area contributed by atoms with Crippen LogP contribution in [0.3, 0.4) is 0 Å². The number of rotatable bonds is 6. The first-order valence-electron chi connectivity index (χ1n) is 8.74. The van der Waals surface area contributed by atoms with Gasteiger partial charge in [0.05, 0.1) is 0 Å². The first kappa shape index (κ1) is 15.7. The Balaban J connectivity index is 1.39. The van der Waals surface area contributed by atoms with Crippen LogP contribution in [0.25, 0.3) is 0 Å². The summed E-state index contributed by atoms with van der Waals surface area (Å²) in [6.45, 7) is 6.12. The predicted molar refractivity (Wildman–Crippen MR) is 91.6 cm³/mol. The van der Waals surface area contributed by atoms with Crippen molar-refractivity contribution in [3.8, 4) is 0 Å². The number of pyridine rings is 1. The molecule has 0 spiro atoms. The van der Waals surface area contributed by atoms with Crippen LogP contribution in [0, 0.1) is 11.8 Å². The lowest BCUT2D eigenvalue weighted by Gasteiger charge is -2.25. The molecule has 0 bridgehead atoms. The van der Waals surface area contributed by atoms with Gasteiger partial charge in [-0.15, -0.1) is 0 Å². The molecular weight excluding hydrogens is 270 g/mol. The fourth-order valence-corrected chi connectivity index (χ4v) is 3.92. The Morgan fingerprint density at radius 1 is 1.27 bits per heavy atom. The molecule has 1 aromatic heterocycles. The third kappa shape index (κ3) is 4.65. The van der Waals surface area contributed by atoms with Gasteiger partial charge in [0.25, 0.3) is 0 Å². The van der Waals surface area contributed by atoms with Crippen LogP contribution in [0.15, 0.2) is 36.7 Å². The zero-order valence-electron chi connectivity index (χ0n) is 13.8. The van der Waals surface area contributed by atoms with Crippen LogP contribution in [-0.4, -0.2) is 48.0 Å². The minimum Gasteiger partial charge on any atom is -0.303 e. The number of aromatic nitrogens is 1. The van der Waals surface area contributed by atoms with Crippen LogP contribution in [-0.2, 0) is 6.54 Å². The molecule has 22 heavy (non-hydrogen) atoms.